The summed E-state index contributed by atoms with van der Waals surface area (Å²) >= 11 is 0. The van der Waals surface area contributed by atoms with Crippen molar-refractivity contribution in [3.8, 4) is 0 Å². The molecule has 1 aliphatic carbocycles. The van der Waals surface area contributed by atoms with Crippen molar-refractivity contribution in [2.24, 2.45) is 11.8 Å². The Labute approximate surface area is 109 Å². The molecular weight excluding hydrogens is 239 g/mol. The Kier molecular flexibility index (Phi) is 6.47. The molecule has 0 spiro atoms. The first-order valence-electron chi connectivity index (χ1n) is 7.22. The van der Waals surface area contributed by atoms with Crippen LogP contribution in [0.15, 0.2) is 0 Å². The van der Waals surface area contributed by atoms with Crippen molar-refractivity contribution in [1.82, 2.24) is 5.32 Å². The number of nitrogens with one attached hydrogen (secondary N) is 1. The van der Waals surface area contributed by atoms with E-state index in [1.54, 1.807) is 0 Å². The quantitative estimate of drug-likeness (QED) is 0.744. The van der Waals surface area contributed by atoms with Crippen LogP contribution in [0.5, 0.6) is 0 Å². The summed E-state index contributed by atoms with van der Waals surface area (Å²) in [6.45, 7) is 5.13. The minimum atomic E-state index is -4.00. The zero-order valence-corrected chi connectivity index (χ0v) is 11.5. The molecule has 4 heteroatoms. The Morgan fingerprint density at radius 1 is 1.28 bits per heavy atom. The molecule has 1 saturated carbocycles. The molecule has 1 nitrogen and oxygen atoms in total. The highest BCUT2D eigenvalue weighted by molar-refractivity contribution is 4.81. The van der Waals surface area contributed by atoms with Crippen molar-refractivity contribution < 1.29 is 13.2 Å². The van der Waals surface area contributed by atoms with Crippen LogP contribution in [0, 0.1) is 11.8 Å². The van der Waals surface area contributed by atoms with Crippen molar-refractivity contribution in [2.75, 3.05) is 6.54 Å². The van der Waals surface area contributed by atoms with Crippen LogP contribution in [0.1, 0.15) is 58.8 Å². The molecule has 1 aliphatic rings. The minimum absolute atomic E-state index is 0.256. The first kappa shape index (κ1) is 15.8. The van der Waals surface area contributed by atoms with Crippen molar-refractivity contribution in [3.05, 3.63) is 0 Å². The molecule has 18 heavy (non-hydrogen) atoms. The summed E-state index contributed by atoms with van der Waals surface area (Å²) in [4.78, 5) is 0. The SMILES string of the molecule is CCNC(CCCC(F)(F)F)C1CCCC(C)C1. The van der Waals surface area contributed by atoms with Gasteiger partial charge >= 0.3 is 6.18 Å². The van der Waals surface area contributed by atoms with Gasteiger partial charge in [0.15, 0.2) is 0 Å². The Morgan fingerprint density at radius 2 is 2.00 bits per heavy atom. The molecule has 3 unspecified atom stereocenters. The summed E-state index contributed by atoms with van der Waals surface area (Å²) in [5.74, 6) is 1.30. The fourth-order valence-electron chi connectivity index (χ4n) is 3.14. The fourth-order valence-corrected chi connectivity index (χ4v) is 3.14. The van der Waals surface area contributed by atoms with Gasteiger partial charge in [-0.1, -0.05) is 26.7 Å². The molecule has 1 rings (SSSR count). The van der Waals surface area contributed by atoms with Crippen LogP contribution in [0.25, 0.3) is 0 Å². The summed E-state index contributed by atoms with van der Waals surface area (Å²) in [6.07, 6.45) is 1.12. The lowest BCUT2D eigenvalue weighted by Gasteiger charge is -2.34. The van der Waals surface area contributed by atoms with Crippen LogP contribution < -0.4 is 5.32 Å². The Balaban J connectivity index is 2.38. The van der Waals surface area contributed by atoms with Gasteiger partial charge in [-0.15, -0.1) is 0 Å². The van der Waals surface area contributed by atoms with Crippen molar-refractivity contribution in [3.63, 3.8) is 0 Å². The summed E-state index contributed by atoms with van der Waals surface area (Å²) in [5, 5.41) is 3.39. The van der Waals surface area contributed by atoms with Crippen molar-refractivity contribution >= 4 is 0 Å². The van der Waals surface area contributed by atoms with Gasteiger partial charge in [0.25, 0.3) is 0 Å². The van der Waals surface area contributed by atoms with E-state index in [-0.39, 0.29) is 12.5 Å². The zero-order valence-electron chi connectivity index (χ0n) is 11.5. The first-order valence-corrected chi connectivity index (χ1v) is 7.22. The maximum atomic E-state index is 12.2. The number of hydrogen-bond acceptors (Lipinski definition) is 1. The lowest BCUT2D eigenvalue weighted by atomic mass is 9.77. The Morgan fingerprint density at radius 3 is 2.56 bits per heavy atom. The molecule has 1 N–H and O–H groups in total. The summed E-state index contributed by atoms with van der Waals surface area (Å²) in [6, 6.07) is 0.278. The molecule has 0 aromatic carbocycles. The highest BCUT2D eigenvalue weighted by Gasteiger charge is 2.29. The summed E-state index contributed by atoms with van der Waals surface area (Å²) < 4.78 is 36.5. The number of alkyl halides is 3. The average Bonchev–Trinajstić information content (AvgIpc) is 2.26. The standard InChI is InChI=1S/C14H26F3N/c1-3-18-13(8-5-9-14(15,16)17)12-7-4-6-11(2)10-12/h11-13,18H,3-10H2,1-2H3. The molecule has 0 aromatic rings. The largest absolute Gasteiger partial charge is 0.389 e. The second-order valence-corrected chi connectivity index (χ2v) is 5.70. The third-order valence-corrected chi connectivity index (χ3v) is 3.99. The lowest BCUT2D eigenvalue weighted by Crippen LogP contribution is -2.38. The summed E-state index contributed by atoms with van der Waals surface area (Å²) in [5.41, 5.74) is 0. The molecule has 0 saturated heterocycles. The zero-order chi connectivity index (χ0) is 13.6. The van der Waals surface area contributed by atoms with Gasteiger partial charge in [-0.3, -0.25) is 0 Å². The number of halogens is 3. The van der Waals surface area contributed by atoms with Gasteiger partial charge in [-0.25, -0.2) is 0 Å². The number of rotatable bonds is 6. The molecule has 0 bridgehead atoms. The van der Waals surface area contributed by atoms with Gasteiger partial charge in [-0.05, 0) is 44.1 Å². The van der Waals surface area contributed by atoms with E-state index < -0.39 is 12.6 Å². The van der Waals surface area contributed by atoms with E-state index in [9.17, 15) is 13.2 Å². The monoisotopic (exact) mass is 265 g/mol. The Hall–Kier alpha value is -0.250. The molecular formula is C14H26F3N. The van der Waals surface area contributed by atoms with Gasteiger partial charge in [0.1, 0.15) is 0 Å². The normalized spacial score (nSPS) is 27.2. The van der Waals surface area contributed by atoms with Crippen molar-refractivity contribution in [1.29, 1.82) is 0 Å². The van der Waals surface area contributed by atoms with Gasteiger partial charge in [0, 0.05) is 12.5 Å². The van der Waals surface area contributed by atoms with E-state index in [0.717, 1.165) is 12.5 Å². The van der Waals surface area contributed by atoms with Gasteiger partial charge in [-0.2, -0.15) is 13.2 Å². The highest BCUT2D eigenvalue weighted by Crippen LogP contribution is 2.33. The van der Waals surface area contributed by atoms with Crippen LogP contribution in [-0.4, -0.2) is 18.8 Å². The minimum Gasteiger partial charge on any atom is -0.314 e. The first-order chi connectivity index (χ1) is 8.42. The lowest BCUT2D eigenvalue weighted by molar-refractivity contribution is -0.136. The molecule has 0 aromatic heterocycles. The summed E-state index contributed by atoms with van der Waals surface area (Å²) in [7, 11) is 0. The van der Waals surface area contributed by atoms with Crippen LogP contribution in [-0.2, 0) is 0 Å². The van der Waals surface area contributed by atoms with Crippen LogP contribution in [0.2, 0.25) is 0 Å². The molecule has 0 heterocycles. The van der Waals surface area contributed by atoms with Gasteiger partial charge < -0.3 is 5.32 Å². The third kappa shape index (κ3) is 6.07. The van der Waals surface area contributed by atoms with Crippen LogP contribution >= 0.6 is 0 Å². The van der Waals surface area contributed by atoms with Gasteiger partial charge in [0.05, 0.1) is 0 Å². The second-order valence-electron chi connectivity index (χ2n) is 5.70. The Bertz CT molecular complexity index is 228. The predicted molar refractivity (Wildman–Crippen MR) is 68.5 cm³/mol. The van der Waals surface area contributed by atoms with E-state index in [1.807, 2.05) is 6.92 Å². The smallest absolute Gasteiger partial charge is 0.314 e. The predicted octanol–water partition coefficient (Wildman–Crippen LogP) is 4.52. The van der Waals surface area contributed by atoms with E-state index >= 15 is 0 Å². The fraction of sp³-hybridized carbons (Fsp3) is 1.00. The van der Waals surface area contributed by atoms with E-state index in [4.69, 9.17) is 0 Å². The van der Waals surface area contributed by atoms with Crippen molar-refractivity contribution in [2.45, 2.75) is 71.0 Å². The van der Waals surface area contributed by atoms with E-state index in [1.165, 1.54) is 25.7 Å². The van der Waals surface area contributed by atoms with Crippen LogP contribution in [0.4, 0.5) is 13.2 Å². The van der Waals surface area contributed by atoms with E-state index in [0.29, 0.717) is 12.3 Å². The highest BCUT2D eigenvalue weighted by atomic mass is 19.4. The number of hydrogen-bond donors (Lipinski definition) is 1. The molecule has 0 radical (unpaired) electrons. The maximum absolute atomic E-state index is 12.2. The second kappa shape index (κ2) is 7.37. The topological polar surface area (TPSA) is 12.0 Å². The maximum Gasteiger partial charge on any atom is 0.389 e. The molecule has 108 valence electrons. The molecule has 0 amide bonds. The van der Waals surface area contributed by atoms with Crippen LogP contribution in [0.3, 0.4) is 0 Å². The van der Waals surface area contributed by atoms with E-state index in [2.05, 4.69) is 12.2 Å². The average molecular weight is 265 g/mol. The van der Waals surface area contributed by atoms with Gasteiger partial charge in [0.2, 0.25) is 0 Å². The molecule has 3 atom stereocenters. The molecule has 0 aliphatic heterocycles. The molecule has 1 fully saturated rings. The third-order valence-electron chi connectivity index (χ3n) is 3.99.